The van der Waals surface area contributed by atoms with E-state index < -0.39 is 0 Å². The van der Waals surface area contributed by atoms with Gasteiger partial charge in [-0.2, -0.15) is 0 Å². The molecule has 0 aliphatic heterocycles. The lowest BCUT2D eigenvalue weighted by Crippen LogP contribution is -2.12. The van der Waals surface area contributed by atoms with Crippen LogP contribution in [-0.4, -0.2) is 20.9 Å². The first-order valence-electron chi connectivity index (χ1n) is 7.20. The van der Waals surface area contributed by atoms with Crippen LogP contribution in [0.5, 0.6) is 0 Å². The number of rotatable bonds is 4. The van der Waals surface area contributed by atoms with Gasteiger partial charge in [-0.25, -0.2) is 0 Å². The van der Waals surface area contributed by atoms with Crippen molar-refractivity contribution in [3.05, 3.63) is 54.6 Å². The molecule has 3 aromatic rings. The third-order valence-corrected chi connectivity index (χ3v) is 3.44. The number of hydrogen-bond donors (Lipinski definition) is 0. The molecule has 2 aromatic carbocycles. The normalized spacial score (nSPS) is 13.0. The minimum absolute atomic E-state index is 0.105. The highest BCUT2D eigenvalue weighted by molar-refractivity contribution is 5.90. The number of aromatic nitrogens is 3. The summed E-state index contributed by atoms with van der Waals surface area (Å²) in [6.45, 7) is 6.05. The van der Waals surface area contributed by atoms with Gasteiger partial charge in [-0.1, -0.05) is 36.4 Å². The fourth-order valence-electron chi connectivity index (χ4n) is 2.59. The third kappa shape index (κ3) is 2.67. The Bertz CT molecular complexity index is 743. The van der Waals surface area contributed by atoms with Gasteiger partial charge in [0.25, 0.3) is 0 Å². The van der Waals surface area contributed by atoms with E-state index in [1.165, 1.54) is 10.8 Å². The molecule has 108 valence electrons. The molecule has 21 heavy (non-hydrogen) atoms. The van der Waals surface area contributed by atoms with Crippen molar-refractivity contribution in [2.24, 2.45) is 0 Å². The second-order valence-electron chi connectivity index (χ2n) is 5.38. The van der Waals surface area contributed by atoms with E-state index in [-0.39, 0.29) is 12.2 Å². The lowest BCUT2D eigenvalue weighted by Gasteiger charge is -2.17. The van der Waals surface area contributed by atoms with Crippen LogP contribution in [0.25, 0.3) is 16.5 Å². The van der Waals surface area contributed by atoms with Gasteiger partial charge >= 0.3 is 0 Å². The van der Waals surface area contributed by atoms with E-state index in [0.717, 1.165) is 11.5 Å². The maximum Gasteiger partial charge on any atom is 0.166 e. The largest absolute Gasteiger partial charge is 0.368 e. The van der Waals surface area contributed by atoms with Crippen LogP contribution in [-0.2, 0) is 4.74 Å². The molecular weight excluding hydrogens is 262 g/mol. The summed E-state index contributed by atoms with van der Waals surface area (Å²) in [5, 5.41) is 10.7. The second kappa shape index (κ2) is 5.66. The third-order valence-electron chi connectivity index (χ3n) is 3.44. The van der Waals surface area contributed by atoms with Crippen LogP contribution in [0, 0.1) is 0 Å². The molecule has 0 N–H and O–H groups in total. The molecule has 4 heteroatoms. The van der Waals surface area contributed by atoms with Crippen molar-refractivity contribution in [3.8, 4) is 5.69 Å². The first-order chi connectivity index (χ1) is 10.2. The number of nitrogens with zero attached hydrogens (tertiary/aromatic N) is 3. The number of benzene rings is 2. The minimum atomic E-state index is -0.105. The van der Waals surface area contributed by atoms with Crippen molar-refractivity contribution in [2.45, 2.75) is 33.0 Å². The van der Waals surface area contributed by atoms with E-state index in [0.29, 0.717) is 0 Å². The monoisotopic (exact) mass is 281 g/mol. The van der Waals surface area contributed by atoms with E-state index in [9.17, 15) is 0 Å². The summed E-state index contributed by atoms with van der Waals surface area (Å²) in [6, 6.07) is 14.6. The Morgan fingerprint density at radius 2 is 1.76 bits per heavy atom. The Morgan fingerprint density at radius 3 is 2.57 bits per heavy atom. The van der Waals surface area contributed by atoms with Gasteiger partial charge in [0.15, 0.2) is 5.82 Å². The molecule has 1 unspecified atom stereocenters. The van der Waals surface area contributed by atoms with Gasteiger partial charge < -0.3 is 4.74 Å². The Hall–Kier alpha value is -2.20. The van der Waals surface area contributed by atoms with E-state index in [4.69, 9.17) is 4.74 Å². The van der Waals surface area contributed by atoms with Crippen LogP contribution >= 0.6 is 0 Å². The van der Waals surface area contributed by atoms with Crippen LogP contribution in [0.15, 0.2) is 48.8 Å². The molecule has 1 heterocycles. The van der Waals surface area contributed by atoms with Crippen molar-refractivity contribution in [1.82, 2.24) is 14.8 Å². The standard InChI is InChI=1S/C17H19N3O/c1-12(2)21-13(3)17-19-18-11-20(17)16-10-6-8-14-7-4-5-9-15(14)16/h4-13H,1-3H3. The van der Waals surface area contributed by atoms with E-state index in [1.807, 2.05) is 37.5 Å². The van der Waals surface area contributed by atoms with Gasteiger partial charge in [-0.15, -0.1) is 10.2 Å². The maximum absolute atomic E-state index is 5.85. The molecule has 4 nitrogen and oxygen atoms in total. The lowest BCUT2D eigenvalue weighted by atomic mass is 10.1. The van der Waals surface area contributed by atoms with Crippen LogP contribution in [0.1, 0.15) is 32.7 Å². The number of fused-ring (bicyclic) bond motifs is 1. The Labute approximate surface area is 124 Å². The molecule has 0 saturated carbocycles. The van der Waals surface area contributed by atoms with Crippen LogP contribution in [0.2, 0.25) is 0 Å². The van der Waals surface area contributed by atoms with Crippen LogP contribution < -0.4 is 0 Å². The quantitative estimate of drug-likeness (QED) is 0.728. The zero-order valence-corrected chi connectivity index (χ0v) is 12.5. The highest BCUT2D eigenvalue weighted by Gasteiger charge is 2.17. The number of ether oxygens (including phenoxy) is 1. The Kier molecular flexibility index (Phi) is 3.71. The van der Waals surface area contributed by atoms with Crippen molar-refractivity contribution < 1.29 is 4.74 Å². The van der Waals surface area contributed by atoms with E-state index in [2.05, 4.69) is 40.5 Å². The van der Waals surface area contributed by atoms with Gasteiger partial charge in [0, 0.05) is 5.39 Å². The summed E-state index contributed by atoms with van der Waals surface area (Å²) in [5.74, 6) is 0.819. The molecule has 1 aromatic heterocycles. The van der Waals surface area contributed by atoms with Crippen molar-refractivity contribution >= 4 is 10.8 Å². The van der Waals surface area contributed by atoms with Gasteiger partial charge in [0.2, 0.25) is 0 Å². The molecule has 0 aliphatic carbocycles. The molecule has 0 bridgehead atoms. The average Bonchev–Trinajstić information content (AvgIpc) is 2.95. The molecule has 1 atom stereocenters. The lowest BCUT2D eigenvalue weighted by molar-refractivity contribution is 0.0119. The van der Waals surface area contributed by atoms with E-state index in [1.54, 1.807) is 6.33 Å². The van der Waals surface area contributed by atoms with Gasteiger partial charge in [0.05, 0.1) is 11.8 Å². The Morgan fingerprint density at radius 1 is 1.00 bits per heavy atom. The van der Waals surface area contributed by atoms with E-state index >= 15 is 0 Å². The van der Waals surface area contributed by atoms with Gasteiger partial charge in [0.1, 0.15) is 12.4 Å². The summed E-state index contributed by atoms with van der Waals surface area (Å²) < 4.78 is 7.85. The molecule has 0 spiro atoms. The fourth-order valence-corrected chi connectivity index (χ4v) is 2.59. The van der Waals surface area contributed by atoms with Crippen molar-refractivity contribution in [1.29, 1.82) is 0 Å². The summed E-state index contributed by atoms with van der Waals surface area (Å²) in [6.07, 6.45) is 1.79. The van der Waals surface area contributed by atoms with Crippen LogP contribution in [0.3, 0.4) is 0 Å². The molecule has 0 saturated heterocycles. The zero-order chi connectivity index (χ0) is 14.8. The fraction of sp³-hybridized carbons (Fsp3) is 0.294. The smallest absolute Gasteiger partial charge is 0.166 e. The number of hydrogen-bond acceptors (Lipinski definition) is 3. The minimum Gasteiger partial charge on any atom is -0.368 e. The molecular formula is C17H19N3O. The highest BCUT2D eigenvalue weighted by atomic mass is 16.5. The van der Waals surface area contributed by atoms with Gasteiger partial charge in [-0.3, -0.25) is 4.57 Å². The first-order valence-corrected chi connectivity index (χ1v) is 7.20. The zero-order valence-electron chi connectivity index (χ0n) is 12.5. The van der Waals surface area contributed by atoms with Crippen molar-refractivity contribution in [2.75, 3.05) is 0 Å². The average molecular weight is 281 g/mol. The molecule has 0 fully saturated rings. The summed E-state index contributed by atoms with van der Waals surface area (Å²) in [5.41, 5.74) is 1.08. The van der Waals surface area contributed by atoms with Crippen LogP contribution in [0.4, 0.5) is 0 Å². The summed E-state index contributed by atoms with van der Waals surface area (Å²) in [7, 11) is 0. The molecule has 0 radical (unpaired) electrons. The van der Waals surface area contributed by atoms with Crippen molar-refractivity contribution in [3.63, 3.8) is 0 Å². The highest BCUT2D eigenvalue weighted by Crippen LogP contribution is 2.25. The first kappa shape index (κ1) is 13.8. The SMILES string of the molecule is CC(C)OC(C)c1nncn1-c1cccc2ccccc12. The van der Waals surface area contributed by atoms with Gasteiger partial charge in [-0.05, 0) is 32.2 Å². The summed E-state index contributed by atoms with van der Waals surface area (Å²) >= 11 is 0. The molecule has 0 amide bonds. The predicted octanol–water partition coefficient (Wildman–Crippen LogP) is 3.91. The molecule has 3 rings (SSSR count). The Balaban J connectivity index is 2.10. The maximum atomic E-state index is 5.85. The predicted molar refractivity (Wildman–Crippen MR) is 83.5 cm³/mol. The topological polar surface area (TPSA) is 39.9 Å². The second-order valence-corrected chi connectivity index (χ2v) is 5.38. The molecule has 0 aliphatic rings. The summed E-state index contributed by atoms with van der Waals surface area (Å²) in [4.78, 5) is 0.